The van der Waals surface area contributed by atoms with E-state index in [1.54, 1.807) is 25.1 Å². The number of carbonyl (C=O) groups excluding carboxylic acids is 1. The minimum atomic E-state index is -0.252. The summed E-state index contributed by atoms with van der Waals surface area (Å²) in [6.07, 6.45) is 0. The van der Waals surface area contributed by atoms with E-state index in [0.717, 1.165) is 16.8 Å². The van der Waals surface area contributed by atoms with Crippen LogP contribution in [0.25, 0.3) is 0 Å². The van der Waals surface area contributed by atoms with E-state index in [2.05, 4.69) is 20.6 Å². The van der Waals surface area contributed by atoms with Gasteiger partial charge in [-0.3, -0.25) is 4.79 Å². The van der Waals surface area contributed by atoms with Gasteiger partial charge < -0.3 is 10.6 Å². The molecule has 0 atom stereocenters. The molecule has 132 valence electrons. The molecule has 0 unspecified atom stereocenters. The largest absolute Gasteiger partial charge is 0.347 e. The van der Waals surface area contributed by atoms with Crippen molar-refractivity contribution in [3.63, 3.8) is 0 Å². The maximum absolute atomic E-state index is 12.4. The number of nitrogens with zero attached hydrogens (tertiary/aromatic N) is 2. The van der Waals surface area contributed by atoms with E-state index in [1.807, 2.05) is 43.3 Å². The van der Waals surface area contributed by atoms with E-state index in [-0.39, 0.29) is 5.91 Å². The summed E-state index contributed by atoms with van der Waals surface area (Å²) in [5.41, 5.74) is 3.34. The molecule has 0 radical (unpaired) electrons. The molecule has 0 saturated heterocycles. The Balaban J connectivity index is 1.71. The van der Waals surface area contributed by atoms with Gasteiger partial charge >= 0.3 is 0 Å². The molecule has 1 amide bonds. The summed E-state index contributed by atoms with van der Waals surface area (Å²) in [5.74, 6) is 0.858. The quantitative estimate of drug-likeness (QED) is 0.701. The van der Waals surface area contributed by atoms with Crippen molar-refractivity contribution in [2.75, 3.05) is 5.32 Å². The van der Waals surface area contributed by atoms with Gasteiger partial charge in [-0.2, -0.15) is 0 Å². The van der Waals surface area contributed by atoms with Crippen LogP contribution in [-0.2, 0) is 6.54 Å². The topological polar surface area (TPSA) is 66.9 Å². The second-order valence-corrected chi connectivity index (χ2v) is 6.43. The van der Waals surface area contributed by atoms with E-state index in [0.29, 0.717) is 28.9 Å². The van der Waals surface area contributed by atoms with Crippen molar-refractivity contribution in [3.05, 3.63) is 82.3 Å². The fourth-order valence-corrected chi connectivity index (χ4v) is 2.62. The molecule has 0 spiro atoms. The standard InChI is InChI=1S/C20H19ClN4O/c1-13-4-3-5-17(10-13)25-19-11-18(23-14(2)24-19)20(26)22-12-15-6-8-16(21)9-7-15/h3-11H,12H2,1-2H3,(H,22,26)(H,23,24,25). The number of carbonyl (C=O) groups is 1. The number of hydrogen-bond acceptors (Lipinski definition) is 4. The SMILES string of the molecule is Cc1cccc(Nc2cc(C(=O)NCc3ccc(Cl)cc3)nc(C)n2)c1. The summed E-state index contributed by atoms with van der Waals surface area (Å²) in [6.45, 7) is 4.18. The van der Waals surface area contributed by atoms with Crippen molar-refractivity contribution in [1.29, 1.82) is 0 Å². The van der Waals surface area contributed by atoms with Crippen LogP contribution in [0, 0.1) is 13.8 Å². The second-order valence-electron chi connectivity index (χ2n) is 5.99. The monoisotopic (exact) mass is 366 g/mol. The predicted molar refractivity (Wildman–Crippen MR) is 104 cm³/mol. The van der Waals surface area contributed by atoms with Gasteiger partial charge in [0.15, 0.2) is 0 Å². The molecule has 0 bridgehead atoms. The van der Waals surface area contributed by atoms with Crippen LogP contribution in [-0.4, -0.2) is 15.9 Å². The Morgan fingerprint density at radius 2 is 1.81 bits per heavy atom. The van der Waals surface area contributed by atoms with Crippen LogP contribution >= 0.6 is 11.6 Å². The fraction of sp³-hybridized carbons (Fsp3) is 0.150. The molecule has 0 aliphatic carbocycles. The minimum Gasteiger partial charge on any atom is -0.347 e. The first-order valence-electron chi connectivity index (χ1n) is 8.21. The number of aryl methyl sites for hydroxylation is 2. The highest BCUT2D eigenvalue weighted by atomic mass is 35.5. The molecule has 3 rings (SSSR count). The highest BCUT2D eigenvalue weighted by Gasteiger charge is 2.11. The van der Waals surface area contributed by atoms with Crippen LogP contribution in [0.1, 0.15) is 27.4 Å². The molecule has 2 aromatic carbocycles. The first-order valence-corrected chi connectivity index (χ1v) is 8.59. The van der Waals surface area contributed by atoms with Gasteiger partial charge in [-0.15, -0.1) is 0 Å². The van der Waals surface area contributed by atoms with Gasteiger partial charge in [0.25, 0.3) is 5.91 Å². The molecule has 26 heavy (non-hydrogen) atoms. The third kappa shape index (κ3) is 4.80. The average Bonchev–Trinajstić information content (AvgIpc) is 2.60. The fourth-order valence-electron chi connectivity index (χ4n) is 2.49. The van der Waals surface area contributed by atoms with Crippen LogP contribution in [0.2, 0.25) is 5.02 Å². The van der Waals surface area contributed by atoms with Gasteiger partial charge in [-0.25, -0.2) is 9.97 Å². The Hall–Kier alpha value is -2.92. The summed E-state index contributed by atoms with van der Waals surface area (Å²) < 4.78 is 0. The van der Waals surface area contributed by atoms with E-state index >= 15 is 0 Å². The molecule has 0 saturated carbocycles. The van der Waals surface area contributed by atoms with E-state index in [9.17, 15) is 4.79 Å². The lowest BCUT2D eigenvalue weighted by atomic mass is 10.2. The van der Waals surface area contributed by atoms with Crippen LogP contribution in [0.3, 0.4) is 0 Å². The summed E-state index contributed by atoms with van der Waals surface area (Å²) in [6, 6.07) is 16.9. The molecule has 2 N–H and O–H groups in total. The highest BCUT2D eigenvalue weighted by Crippen LogP contribution is 2.17. The first-order chi connectivity index (χ1) is 12.5. The van der Waals surface area contributed by atoms with Gasteiger partial charge in [0.05, 0.1) is 0 Å². The zero-order valence-electron chi connectivity index (χ0n) is 14.6. The Kier molecular flexibility index (Phi) is 5.49. The van der Waals surface area contributed by atoms with Crippen molar-refractivity contribution in [2.45, 2.75) is 20.4 Å². The lowest BCUT2D eigenvalue weighted by Crippen LogP contribution is -2.24. The Labute approximate surface area is 157 Å². The lowest BCUT2D eigenvalue weighted by molar-refractivity contribution is 0.0945. The zero-order chi connectivity index (χ0) is 18.5. The van der Waals surface area contributed by atoms with E-state index in [1.165, 1.54) is 0 Å². The molecule has 3 aromatic rings. The van der Waals surface area contributed by atoms with Gasteiger partial charge in [0, 0.05) is 23.3 Å². The van der Waals surface area contributed by atoms with E-state index in [4.69, 9.17) is 11.6 Å². The third-order valence-corrected chi connectivity index (χ3v) is 3.98. The summed E-state index contributed by atoms with van der Waals surface area (Å²) >= 11 is 5.87. The smallest absolute Gasteiger partial charge is 0.270 e. The molecule has 0 fully saturated rings. The lowest BCUT2D eigenvalue weighted by Gasteiger charge is -2.10. The number of anilines is 2. The van der Waals surface area contributed by atoms with Gasteiger partial charge in [0.2, 0.25) is 0 Å². The number of rotatable bonds is 5. The van der Waals surface area contributed by atoms with Crippen molar-refractivity contribution in [2.24, 2.45) is 0 Å². The second kappa shape index (κ2) is 7.97. The van der Waals surface area contributed by atoms with Crippen LogP contribution in [0.5, 0.6) is 0 Å². The molecule has 6 heteroatoms. The molecule has 0 aliphatic heterocycles. The van der Waals surface area contributed by atoms with Gasteiger partial charge in [0.1, 0.15) is 17.3 Å². The predicted octanol–water partition coefficient (Wildman–Crippen LogP) is 4.42. The van der Waals surface area contributed by atoms with Crippen molar-refractivity contribution >= 4 is 29.0 Å². The summed E-state index contributed by atoms with van der Waals surface area (Å²) in [5, 5.41) is 6.74. The molecule has 1 heterocycles. The van der Waals surface area contributed by atoms with E-state index < -0.39 is 0 Å². The number of benzene rings is 2. The van der Waals surface area contributed by atoms with Crippen molar-refractivity contribution in [1.82, 2.24) is 15.3 Å². The number of hydrogen-bond donors (Lipinski definition) is 2. The highest BCUT2D eigenvalue weighted by molar-refractivity contribution is 6.30. The molecule has 1 aromatic heterocycles. The van der Waals surface area contributed by atoms with Crippen LogP contribution < -0.4 is 10.6 Å². The molecule has 0 aliphatic rings. The third-order valence-electron chi connectivity index (χ3n) is 3.73. The molecular weight excluding hydrogens is 348 g/mol. The Bertz CT molecular complexity index is 925. The van der Waals surface area contributed by atoms with Gasteiger partial charge in [-0.05, 0) is 49.2 Å². The number of nitrogens with one attached hydrogen (secondary N) is 2. The molecule has 5 nitrogen and oxygen atoms in total. The van der Waals surface area contributed by atoms with Crippen LogP contribution in [0.4, 0.5) is 11.5 Å². The Morgan fingerprint density at radius 3 is 2.54 bits per heavy atom. The summed E-state index contributed by atoms with van der Waals surface area (Å²) in [4.78, 5) is 21.0. The van der Waals surface area contributed by atoms with Gasteiger partial charge in [-0.1, -0.05) is 35.9 Å². The number of halogens is 1. The normalized spacial score (nSPS) is 10.4. The van der Waals surface area contributed by atoms with Crippen LogP contribution in [0.15, 0.2) is 54.6 Å². The zero-order valence-corrected chi connectivity index (χ0v) is 15.3. The van der Waals surface area contributed by atoms with Crippen molar-refractivity contribution in [3.8, 4) is 0 Å². The average molecular weight is 367 g/mol. The number of aromatic nitrogens is 2. The maximum atomic E-state index is 12.4. The van der Waals surface area contributed by atoms with Crippen molar-refractivity contribution < 1.29 is 4.79 Å². The minimum absolute atomic E-state index is 0.252. The maximum Gasteiger partial charge on any atom is 0.270 e. The molecular formula is C20H19ClN4O. The summed E-state index contributed by atoms with van der Waals surface area (Å²) in [7, 11) is 0. The Morgan fingerprint density at radius 1 is 1.04 bits per heavy atom. The number of amides is 1. The first kappa shape index (κ1) is 17.9.